The number of ether oxygens (including phenoxy) is 1. The van der Waals surface area contributed by atoms with Crippen molar-refractivity contribution in [3.05, 3.63) is 52.4 Å². The van der Waals surface area contributed by atoms with Crippen LogP contribution in [0.2, 0.25) is 0 Å². The quantitative estimate of drug-likeness (QED) is 0.866. The monoisotopic (exact) mass is 292 g/mol. The average Bonchev–Trinajstić information content (AvgIpc) is 2.38. The van der Waals surface area contributed by atoms with Crippen LogP contribution >= 0.6 is 15.9 Å². The van der Waals surface area contributed by atoms with Gasteiger partial charge in [0, 0.05) is 0 Å². The molecule has 4 heteroatoms. The summed E-state index contributed by atoms with van der Waals surface area (Å²) in [4.78, 5) is 8.57. The van der Waals surface area contributed by atoms with Crippen LogP contribution in [0.5, 0.6) is 5.88 Å². The highest BCUT2D eigenvalue weighted by atomic mass is 79.9. The molecule has 0 bridgehead atoms. The first-order chi connectivity index (χ1) is 8.29. The number of hydrogen-bond donors (Lipinski definition) is 0. The molecule has 88 valence electrons. The molecule has 0 atom stereocenters. The van der Waals surface area contributed by atoms with Gasteiger partial charge in [-0.05, 0) is 27.9 Å². The molecule has 0 saturated heterocycles. The molecule has 0 spiro atoms. The Morgan fingerprint density at radius 3 is 2.71 bits per heavy atom. The summed E-state index contributed by atoms with van der Waals surface area (Å²) in [6.07, 6.45) is 2.45. The summed E-state index contributed by atoms with van der Waals surface area (Å²) in [5.74, 6) is 0.611. The maximum absolute atomic E-state index is 5.67. The van der Waals surface area contributed by atoms with Crippen molar-refractivity contribution in [3.8, 4) is 5.88 Å². The van der Waals surface area contributed by atoms with Crippen molar-refractivity contribution in [1.29, 1.82) is 0 Å². The standard InChI is InChI=1S/C13H13BrN2O/c1-2-11-13(15-8-12(14)16-11)17-9-10-6-4-3-5-7-10/h3-8H,2,9H2,1H3. The van der Waals surface area contributed by atoms with Crippen molar-refractivity contribution >= 4 is 15.9 Å². The molecule has 0 amide bonds. The van der Waals surface area contributed by atoms with Crippen molar-refractivity contribution in [2.75, 3.05) is 0 Å². The summed E-state index contributed by atoms with van der Waals surface area (Å²) in [6, 6.07) is 10.0. The van der Waals surface area contributed by atoms with E-state index in [-0.39, 0.29) is 0 Å². The van der Waals surface area contributed by atoms with Crippen LogP contribution < -0.4 is 4.74 Å². The highest BCUT2D eigenvalue weighted by Crippen LogP contribution is 2.17. The second-order valence-electron chi connectivity index (χ2n) is 3.57. The van der Waals surface area contributed by atoms with E-state index in [2.05, 4.69) is 25.9 Å². The van der Waals surface area contributed by atoms with Crippen molar-refractivity contribution in [2.45, 2.75) is 20.0 Å². The molecule has 0 N–H and O–H groups in total. The molecule has 0 unspecified atom stereocenters. The molecule has 1 heterocycles. The Kier molecular flexibility index (Phi) is 4.09. The predicted molar refractivity (Wildman–Crippen MR) is 69.9 cm³/mol. The van der Waals surface area contributed by atoms with Gasteiger partial charge in [0.2, 0.25) is 5.88 Å². The topological polar surface area (TPSA) is 35.0 Å². The molecule has 17 heavy (non-hydrogen) atoms. The van der Waals surface area contributed by atoms with E-state index in [4.69, 9.17) is 4.74 Å². The molecule has 0 aliphatic rings. The molecular weight excluding hydrogens is 280 g/mol. The minimum absolute atomic E-state index is 0.518. The Morgan fingerprint density at radius 2 is 2.00 bits per heavy atom. The molecule has 0 radical (unpaired) electrons. The van der Waals surface area contributed by atoms with E-state index in [0.29, 0.717) is 12.5 Å². The summed E-state index contributed by atoms with van der Waals surface area (Å²) in [7, 11) is 0. The van der Waals surface area contributed by atoms with E-state index in [0.717, 1.165) is 22.3 Å². The first kappa shape index (κ1) is 12.0. The van der Waals surface area contributed by atoms with E-state index in [9.17, 15) is 0 Å². The third kappa shape index (κ3) is 3.27. The molecule has 0 aliphatic carbocycles. The first-order valence-corrected chi connectivity index (χ1v) is 6.27. The van der Waals surface area contributed by atoms with E-state index in [1.807, 2.05) is 37.3 Å². The number of aryl methyl sites for hydroxylation is 1. The Morgan fingerprint density at radius 1 is 1.24 bits per heavy atom. The largest absolute Gasteiger partial charge is 0.472 e. The normalized spacial score (nSPS) is 10.2. The lowest BCUT2D eigenvalue weighted by Gasteiger charge is -2.08. The summed E-state index contributed by atoms with van der Waals surface area (Å²) in [5, 5.41) is 0. The van der Waals surface area contributed by atoms with Crippen molar-refractivity contribution in [3.63, 3.8) is 0 Å². The summed E-state index contributed by atoms with van der Waals surface area (Å²) in [6.45, 7) is 2.55. The van der Waals surface area contributed by atoms with Crippen LogP contribution in [0, 0.1) is 0 Å². The number of benzene rings is 1. The molecular formula is C13H13BrN2O. The summed E-state index contributed by atoms with van der Waals surface area (Å²) < 4.78 is 6.41. The fourth-order valence-electron chi connectivity index (χ4n) is 1.47. The van der Waals surface area contributed by atoms with Gasteiger partial charge in [0.25, 0.3) is 0 Å². The summed E-state index contributed by atoms with van der Waals surface area (Å²) in [5.41, 5.74) is 1.99. The molecule has 0 aliphatic heterocycles. The predicted octanol–water partition coefficient (Wildman–Crippen LogP) is 3.38. The maximum atomic E-state index is 5.67. The fraction of sp³-hybridized carbons (Fsp3) is 0.231. The van der Waals surface area contributed by atoms with Crippen molar-refractivity contribution < 1.29 is 4.74 Å². The van der Waals surface area contributed by atoms with Crippen LogP contribution in [0.4, 0.5) is 0 Å². The van der Waals surface area contributed by atoms with Gasteiger partial charge in [0.1, 0.15) is 16.9 Å². The lowest BCUT2D eigenvalue weighted by atomic mass is 10.2. The summed E-state index contributed by atoms with van der Waals surface area (Å²) >= 11 is 3.30. The van der Waals surface area contributed by atoms with E-state index < -0.39 is 0 Å². The highest BCUT2D eigenvalue weighted by molar-refractivity contribution is 9.10. The lowest BCUT2D eigenvalue weighted by Crippen LogP contribution is -2.02. The molecule has 2 aromatic rings. The minimum Gasteiger partial charge on any atom is -0.472 e. The zero-order chi connectivity index (χ0) is 12.1. The van der Waals surface area contributed by atoms with Gasteiger partial charge in [0.05, 0.1) is 6.20 Å². The van der Waals surface area contributed by atoms with Crippen LogP contribution in [0.25, 0.3) is 0 Å². The molecule has 1 aromatic heterocycles. The molecule has 1 aromatic carbocycles. The van der Waals surface area contributed by atoms with Gasteiger partial charge in [-0.15, -0.1) is 0 Å². The first-order valence-electron chi connectivity index (χ1n) is 5.47. The number of rotatable bonds is 4. The van der Waals surface area contributed by atoms with E-state index in [1.54, 1.807) is 6.20 Å². The SMILES string of the molecule is CCc1nc(Br)cnc1OCc1ccccc1. The zero-order valence-corrected chi connectivity index (χ0v) is 11.1. The number of halogens is 1. The van der Waals surface area contributed by atoms with Crippen molar-refractivity contribution in [2.24, 2.45) is 0 Å². The smallest absolute Gasteiger partial charge is 0.236 e. The maximum Gasteiger partial charge on any atom is 0.236 e. The molecule has 0 saturated carbocycles. The van der Waals surface area contributed by atoms with E-state index >= 15 is 0 Å². The second kappa shape index (κ2) is 5.77. The van der Waals surface area contributed by atoms with Crippen LogP contribution in [-0.4, -0.2) is 9.97 Å². The van der Waals surface area contributed by atoms with Gasteiger partial charge in [-0.1, -0.05) is 37.3 Å². The van der Waals surface area contributed by atoms with Gasteiger partial charge < -0.3 is 4.74 Å². The third-order valence-corrected chi connectivity index (χ3v) is 2.71. The Hall–Kier alpha value is -1.42. The van der Waals surface area contributed by atoms with Gasteiger partial charge in [-0.2, -0.15) is 0 Å². The zero-order valence-electron chi connectivity index (χ0n) is 9.56. The van der Waals surface area contributed by atoms with E-state index in [1.165, 1.54) is 0 Å². The van der Waals surface area contributed by atoms with Crippen molar-refractivity contribution in [1.82, 2.24) is 9.97 Å². The van der Waals surface area contributed by atoms with Crippen LogP contribution in [0.15, 0.2) is 41.1 Å². The Labute approximate surface area is 109 Å². The van der Waals surface area contributed by atoms with Crippen LogP contribution in [0.1, 0.15) is 18.2 Å². The number of hydrogen-bond acceptors (Lipinski definition) is 3. The number of nitrogens with zero attached hydrogens (tertiary/aromatic N) is 2. The van der Waals surface area contributed by atoms with Gasteiger partial charge >= 0.3 is 0 Å². The molecule has 0 fully saturated rings. The lowest BCUT2D eigenvalue weighted by molar-refractivity contribution is 0.288. The fourth-order valence-corrected chi connectivity index (χ4v) is 1.79. The van der Waals surface area contributed by atoms with Crippen LogP contribution in [-0.2, 0) is 13.0 Å². The third-order valence-electron chi connectivity index (χ3n) is 2.33. The van der Waals surface area contributed by atoms with Gasteiger partial charge in [-0.3, -0.25) is 0 Å². The number of aromatic nitrogens is 2. The average molecular weight is 293 g/mol. The minimum atomic E-state index is 0.518. The molecule has 3 nitrogen and oxygen atoms in total. The van der Waals surface area contributed by atoms with Gasteiger partial charge in [-0.25, -0.2) is 9.97 Å². The second-order valence-corrected chi connectivity index (χ2v) is 4.38. The van der Waals surface area contributed by atoms with Gasteiger partial charge in [0.15, 0.2) is 0 Å². The Bertz CT molecular complexity index is 488. The Balaban J connectivity index is 2.09. The highest BCUT2D eigenvalue weighted by Gasteiger charge is 2.06. The molecule has 2 rings (SSSR count). The van der Waals surface area contributed by atoms with Crippen LogP contribution in [0.3, 0.4) is 0 Å².